The van der Waals surface area contributed by atoms with E-state index in [4.69, 9.17) is 11.5 Å². The molecule has 4 fully saturated rings. The van der Waals surface area contributed by atoms with Crippen LogP contribution in [-0.4, -0.2) is 23.0 Å². The van der Waals surface area contributed by atoms with Gasteiger partial charge in [-0.25, -0.2) is 0 Å². The number of hydrogen-bond acceptors (Lipinski definition) is 3. The van der Waals surface area contributed by atoms with E-state index in [0.29, 0.717) is 0 Å². The number of hydrogen-bond donors (Lipinski definition) is 3. The Hall–Kier alpha value is -1.10. The highest BCUT2D eigenvalue weighted by Gasteiger charge is 2.87. The molecule has 5 nitrogen and oxygen atoms in total. The minimum atomic E-state index is -0.782. The molecular formula is C9H12N2O3. The predicted molar refractivity (Wildman–Crippen MR) is 45.4 cm³/mol. The second-order valence-electron chi connectivity index (χ2n) is 4.70. The Morgan fingerprint density at radius 2 is 2.00 bits per heavy atom. The molecule has 4 aliphatic rings. The van der Waals surface area contributed by atoms with Crippen LogP contribution >= 0.6 is 0 Å². The number of aliphatic hydroxyl groups excluding tert-OH is 1. The molecule has 76 valence electrons. The van der Waals surface area contributed by atoms with Crippen LogP contribution in [0.15, 0.2) is 0 Å². The van der Waals surface area contributed by atoms with E-state index in [1.165, 1.54) is 0 Å². The third kappa shape index (κ3) is 0.530. The van der Waals surface area contributed by atoms with Crippen molar-refractivity contribution >= 4 is 11.8 Å². The Labute approximate surface area is 80.4 Å². The quantitative estimate of drug-likeness (QED) is 0.485. The van der Waals surface area contributed by atoms with Crippen LogP contribution in [0.25, 0.3) is 0 Å². The highest BCUT2D eigenvalue weighted by atomic mass is 16.3. The Bertz CT molecular complexity index is 354. The minimum absolute atomic E-state index is 0.0949. The van der Waals surface area contributed by atoms with Gasteiger partial charge in [0.1, 0.15) is 0 Å². The van der Waals surface area contributed by atoms with Gasteiger partial charge in [-0.2, -0.15) is 0 Å². The van der Waals surface area contributed by atoms with E-state index >= 15 is 0 Å². The molecule has 14 heavy (non-hydrogen) atoms. The summed E-state index contributed by atoms with van der Waals surface area (Å²) >= 11 is 0. The molecule has 2 amide bonds. The fourth-order valence-corrected chi connectivity index (χ4v) is 4.15. The monoisotopic (exact) mass is 196 g/mol. The van der Waals surface area contributed by atoms with Crippen molar-refractivity contribution in [3.8, 4) is 0 Å². The molecule has 0 aromatic carbocycles. The van der Waals surface area contributed by atoms with Crippen LogP contribution in [-0.2, 0) is 9.59 Å². The minimum Gasteiger partial charge on any atom is -0.392 e. The van der Waals surface area contributed by atoms with E-state index in [-0.39, 0.29) is 17.8 Å². The average molecular weight is 196 g/mol. The van der Waals surface area contributed by atoms with Crippen molar-refractivity contribution in [3.63, 3.8) is 0 Å². The summed E-state index contributed by atoms with van der Waals surface area (Å²) in [6.45, 7) is 0. The van der Waals surface area contributed by atoms with Crippen LogP contribution in [0.5, 0.6) is 0 Å². The van der Waals surface area contributed by atoms with Gasteiger partial charge in [-0.05, 0) is 18.3 Å². The Morgan fingerprint density at radius 1 is 1.36 bits per heavy atom. The Kier molecular flexibility index (Phi) is 1.15. The molecule has 0 aliphatic heterocycles. The number of aliphatic hydroxyl groups is 1. The van der Waals surface area contributed by atoms with Crippen molar-refractivity contribution < 1.29 is 14.7 Å². The molecular weight excluding hydrogens is 184 g/mol. The van der Waals surface area contributed by atoms with Crippen molar-refractivity contribution in [2.45, 2.75) is 12.5 Å². The summed E-state index contributed by atoms with van der Waals surface area (Å²) < 4.78 is 0. The lowest BCUT2D eigenvalue weighted by molar-refractivity contribution is -0.132. The van der Waals surface area contributed by atoms with Gasteiger partial charge >= 0.3 is 0 Å². The molecule has 4 saturated carbocycles. The fraction of sp³-hybridized carbons (Fsp3) is 0.778. The molecule has 4 rings (SSSR count). The van der Waals surface area contributed by atoms with Gasteiger partial charge in [-0.3, -0.25) is 9.59 Å². The molecule has 5 heteroatoms. The van der Waals surface area contributed by atoms with E-state index < -0.39 is 29.3 Å². The number of primary amides is 2. The zero-order chi connectivity index (χ0) is 10.2. The third-order valence-corrected chi connectivity index (χ3v) is 4.50. The topological polar surface area (TPSA) is 106 Å². The molecule has 0 aromatic rings. The maximum Gasteiger partial charge on any atom is 0.225 e. The zero-order valence-corrected chi connectivity index (χ0v) is 7.51. The highest BCUT2D eigenvalue weighted by Crippen LogP contribution is 2.81. The number of nitrogens with two attached hydrogens (primary N) is 2. The molecule has 6 atom stereocenters. The molecule has 4 aliphatic carbocycles. The predicted octanol–water partition coefficient (Wildman–Crippen LogP) is -1.80. The number of carbonyl (C=O) groups is 2. The first-order chi connectivity index (χ1) is 6.52. The van der Waals surface area contributed by atoms with Crippen molar-refractivity contribution in [2.24, 2.45) is 40.6 Å². The second-order valence-corrected chi connectivity index (χ2v) is 4.70. The van der Waals surface area contributed by atoms with Crippen molar-refractivity contribution in [1.29, 1.82) is 0 Å². The number of carbonyl (C=O) groups excluding carboxylic acids is 2. The molecule has 0 spiro atoms. The summed E-state index contributed by atoms with van der Waals surface area (Å²) in [5.41, 5.74) is 9.80. The first kappa shape index (κ1) is 8.23. The maximum atomic E-state index is 11.4. The summed E-state index contributed by atoms with van der Waals surface area (Å²) in [6, 6.07) is 0. The highest BCUT2D eigenvalue weighted by molar-refractivity contribution is 5.95. The van der Waals surface area contributed by atoms with Gasteiger partial charge in [-0.1, -0.05) is 0 Å². The van der Waals surface area contributed by atoms with Crippen LogP contribution in [0.4, 0.5) is 0 Å². The van der Waals surface area contributed by atoms with Crippen LogP contribution in [0, 0.1) is 29.1 Å². The molecule has 0 heterocycles. The lowest BCUT2D eigenvalue weighted by Crippen LogP contribution is -2.39. The maximum absolute atomic E-state index is 11.4. The van der Waals surface area contributed by atoms with Gasteiger partial charge in [0.15, 0.2) is 0 Å². The molecule has 0 unspecified atom stereocenters. The summed E-state index contributed by atoms with van der Waals surface area (Å²) in [7, 11) is 0. The first-order valence-electron chi connectivity index (χ1n) is 4.80. The fourth-order valence-electron chi connectivity index (χ4n) is 4.15. The second kappa shape index (κ2) is 1.95. The zero-order valence-electron chi connectivity index (χ0n) is 7.51. The van der Waals surface area contributed by atoms with E-state index in [0.717, 1.165) is 6.42 Å². The van der Waals surface area contributed by atoms with Crippen LogP contribution in [0.2, 0.25) is 0 Å². The summed E-state index contributed by atoms with van der Waals surface area (Å²) in [5.74, 6) is -1.59. The van der Waals surface area contributed by atoms with Gasteiger partial charge in [-0.15, -0.1) is 0 Å². The van der Waals surface area contributed by atoms with Gasteiger partial charge in [0.2, 0.25) is 11.8 Å². The van der Waals surface area contributed by atoms with Crippen LogP contribution in [0.3, 0.4) is 0 Å². The summed E-state index contributed by atoms with van der Waals surface area (Å²) in [4.78, 5) is 22.6. The van der Waals surface area contributed by atoms with Gasteiger partial charge < -0.3 is 16.6 Å². The standard InChI is InChI=1S/C9H12N2O3/c10-7(13)4-2-1-3-5(6(2)12)9(3,4)8(11)14/h2-6,12H,1H2,(H2,10,13)(H2,11,14)/t2-,3+,4-,5-,6-,9-/m0/s1. The largest absolute Gasteiger partial charge is 0.392 e. The van der Waals surface area contributed by atoms with E-state index in [1.807, 2.05) is 0 Å². The van der Waals surface area contributed by atoms with E-state index in [1.54, 1.807) is 0 Å². The average Bonchev–Trinajstić information content (AvgIpc) is 2.39. The molecule has 0 radical (unpaired) electrons. The summed E-state index contributed by atoms with van der Waals surface area (Å²) in [5, 5.41) is 9.77. The molecule has 0 saturated heterocycles. The van der Waals surface area contributed by atoms with Crippen molar-refractivity contribution in [1.82, 2.24) is 0 Å². The first-order valence-corrected chi connectivity index (χ1v) is 4.80. The van der Waals surface area contributed by atoms with Gasteiger partial charge in [0, 0.05) is 5.92 Å². The van der Waals surface area contributed by atoms with Crippen LogP contribution < -0.4 is 11.5 Å². The Balaban J connectivity index is 2.09. The lowest BCUT2D eigenvalue weighted by Gasteiger charge is -2.17. The van der Waals surface area contributed by atoms with Gasteiger partial charge in [0.25, 0.3) is 0 Å². The molecule has 5 N–H and O–H groups in total. The normalized spacial score (nSPS) is 57.4. The number of amides is 2. The lowest BCUT2D eigenvalue weighted by atomic mass is 9.88. The van der Waals surface area contributed by atoms with E-state index in [2.05, 4.69) is 0 Å². The smallest absolute Gasteiger partial charge is 0.225 e. The van der Waals surface area contributed by atoms with E-state index in [9.17, 15) is 14.7 Å². The van der Waals surface area contributed by atoms with Crippen molar-refractivity contribution in [2.75, 3.05) is 0 Å². The van der Waals surface area contributed by atoms with Crippen LogP contribution in [0.1, 0.15) is 6.42 Å². The number of rotatable bonds is 2. The van der Waals surface area contributed by atoms with Crippen molar-refractivity contribution in [3.05, 3.63) is 0 Å². The third-order valence-electron chi connectivity index (χ3n) is 4.50. The summed E-state index contributed by atoms with van der Waals surface area (Å²) in [6.07, 6.45) is 0.174. The molecule has 0 aromatic heterocycles. The van der Waals surface area contributed by atoms with Gasteiger partial charge in [0.05, 0.1) is 17.4 Å². The SMILES string of the molecule is NC(=O)[C@@H]1[C@@H]2C[C@@H]3[C@@H]([C@H]2O)[C@]31C(N)=O. The molecule has 4 bridgehead atoms. The Morgan fingerprint density at radius 3 is 2.29 bits per heavy atom.